The van der Waals surface area contributed by atoms with Crippen molar-refractivity contribution in [3.63, 3.8) is 0 Å². The van der Waals surface area contributed by atoms with Gasteiger partial charge in [-0.15, -0.1) is 0 Å². The molecule has 0 spiro atoms. The average Bonchev–Trinajstić information content (AvgIpc) is 1.12. The molecular formula is H5AsCrCuO8. The van der Waals surface area contributed by atoms with E-state index in [2.05, 4.69) is 0 Å². The summed E-state index contributed by atoms with van der Waals surface area (Å²) in [5.41, 5.74) is 0. The van der Waals surface area contributed by atoms with E-state index < -0.39 is 28.1 Å². The molecule has 0 amide bonds. The van der Waals surface area contributed by atoms with Crippen LogP contribution in [-0.4, -0.2) is 35.1 Å². The summed E-state index contributed by atoms with van der Waals surface area (Å²) in [6, 6.07) is 0. The van der Waals surface area contributed by atoms with E-state index >= 15 is 0 Å². The van der Waals surface area contributed by atoms with Gasteiger partial charge in [-0.1, -0.05) is 0 Å². The Kier molecular flexibility index (Phi) is 10.2. The van der Waals surface area contributed by atoms with Gasteiger partial charge in [0.1, 0.15) is 0 Å². The topological polar surface area (TPSA) is 152 Å². The standard InChI is InChI=1S/AsH3O4.Cr.Cu.2H2O.2O/c2-1(3,4)5;;;;;;/h(H3,2,3,4,5);;;2*1H2;;/q;+2;;;;;/p-2. The van der Waals surface area contributed by atoms with Crippen molar-refractivity contribution >= 4 is 14.5 Å². The Morgan fingerprint density at radius 3 is 1.00 bits per heavy atom. The molecule has 0 aliphatic heterocycles. The molecule has 0 saturated heterocycles. The van der Waals surface area contributed by atoms with E-state index in [4.69, 9.17) is 31.9 Å². The second-order valence-electron chi connectivity index (χ2n) is 0.961. The molecule has 11 heteroatoms. The van der Waals surface area contributed by atoms with Gasteiger partial charge in [-0.25, -0.2) is 0 Å². The van der Waals surface area contributed by atoms with Crippen molar-refractivity contribution in [3.05, 3.63) is 0 Å². The summed E-state index contributed by atoms with van der Waals surface area (Å²) in [6.45, 7) is 0. The van der Waals surface area contributed by atoms with Crippen LogP contribution in [0.1, 0.15) is 0 Å². The number of rotatable bonds is 0. The molecule has 0 bridgehead atoms. The fourth-order valence-electron chi connectivity index (χ4n) is 0. The van der Waals surface area contributed by atoms with Crippen LogP contribution >= 0.6 is 0 Å². The van der Waals surface area contributed by atoms with Crippen molar-refractivity contribution in [2.24, 2.45) is 0 Å². The zero-order valence-electron chi connectivity index (χ0n) is 4.62. The van der Waals surface area contributed by atoms with E-state index in [0.29, 0.717) is 0 Å². The molecular weight excluding hydrogens is 318 g/mol. The molecule has 0 saturated carbocycles. The SMILES string of the molecule is O=[As](O)(O)O.[Cu].[O]=[Cr](=[O])([OH])[OH]. The van der Waals surface area contributed by atoms with Crippen LogP contribution in [0.3, 0.4) is 0 Å². The molecule has 0 aromatic rings. The van der Waals surface area contributed by atoms with Crippen molar-refractivity contribution < 1.29 is 62.6 Å². The van der Waals surface area contributed by atoms with Crippen LogP contribution in [0.25, 0.3) is 0 Å². The summed E-state index contributed by atoms with van der Waals surface area (Å²) >= 11 is -10.4. The van der Waals surface area contributed by atoms with Crippen LogP contribution < -0.4 is 0 Å². The maximum atomic E-state index is 8.94. The first-order valence-electron chi connectivity index (χ1n) is 1.48. The van der Waals surface area contributed by atoms with Gasteiger partial charge in [0.05, 0.1) is 0 Å². The fourth-order valence-corrected chi connectivity index (χ4v) is 0. The third kappa shape index (κ3) is 1280. The van der Waals surface area contributed by atoms with E-state index in [9.17, 15) is 0 Å². The molecule has 1 radical (unpaired) electrons. The molecule has 0 aromatic heterocycles. The van der Waals surface area contributed by atoms with Crippen LogP contribution in [0.5, 0.6) is 0 Å². The van der Waals surface area contributed by atoms with Gasteiger partial charge >= 0.3 is 60.1 Å². The normalized spacial score (nSPS) is 10.6. The van der Waals surface area contributed by atoms with Crippen molar-refractivity contribution in [2.75, 3.05) is 0 Å². The number of hydrogen-bond donors (Lipinski definition) is 5. The van der Waals surface area contributed by atoms with Gasteiger partial charge in [0.15, 0.2) is 0 Å². The Morgan fingerprint density at radius 1 is 1.00 bits per heavy atom. The summed E-state index contributed by atoms with van der Waals surface area (Å²) in [4.78, 5) is 0. The molecule has 5 N–H and O–H groups in total. The van der Waals surface area contributed by atoms with E-state index in [1.165, 1.54) is 0 Å². The molecule has 0 heterocycles. The summed E-state index contributed by atoms with van der Waals surface area (Å²) < 4.78 is 62.6. The van der Waals surface area contributed by atoms with Crippen LogP contribution in [0, 0.1) is 0 Å². The molecule has 0 aromatic carbocycles. The molecule has 0 fully saturated rings. The second-order valence-corrected chi connectivity index (χ2v) is 4.51. The van der Waals surface area contributed by atoms with Crippen molar-refractivity contribution in [1.82, 2.24) is 0 Å². The summed E-state index contributed by atoms with van der Waals surface area (Å²) in [5.74, 6) is 0. The minimum atomic E-state index is -5.25. The van der Waals surface area contributed by atoms with Crippen molar-refractivity contribution in [3.8, 4) is 0 Å². The Bertz CT molecular complexity index is 192. The van der Waals surface area contributed by atoms with Gasteiger partial charge in [0.2, 0.25) is 0 Å². The first-order valence-corrected chi connectivity index (χ1v) is 6.95. The third-order valence-corrected chi connectivity index (χ3v) is 0. The van der Waals surface area contributed by atoms with Gasteiger partial charge in [-0.05, 0) is 0 Å². The van der Waals surface area contributed by atoms with Gasteiger partial charge in [-0.3, -0.25) is 0 Å². The molecule has 0 atom stereocenters. The van der Waals surface area contributed by atoms with Crippen LogP contribution in [-0.2, 0) is 42.0 Å². The van der Waals surface area contributed by atoms with Crippen molar-refractivity contribution in [1.29, 1.82) is 0 Å². The quantitative estimate of drug-likeness (QED) is 0.288. The summed E-state index contributed by atoms with van der Waals surface area (Å²) in [5, 5.41) is 0. The maximum absolute atomic E-state index is 8.94. The van der Waals surface area contributed by atoms with Crippen LogP contribution in [0.2, 0.25) is 0 Å². The predicted octanol–water partition coefficient (Wildman–Crippen LogP) is -3.53. The Morgan fingerprint density at radius 2 is 1.00 bits per heavy atom. The molecule has 0 aliphatic carbocycles. The van der Waals surface area contributed by atoms with E-state index in [1.54, 1.807) is 0 Å². The summed E-state index contributed by atoms with van der Waals surface area (Å²) in [7, 11) is 0. The van der Waals surface area contributed by atoms with E-state index in [-0.39, 0.29) is 17.1 Å². The molecule has 0 aliphatic rings. The van der Waals surface area contributed by atoms with Crippen LogP contribution in [0.4, 0.5) is 0 Å². The second kappa shape index (κ2) is 6.34. The van der Waals surface area contributed by atoms with Gasteiger partial charge in [0, 0.05) is 17.1 Å². The minimum absolute atomic E-state index is 0. The average molecular weight is 323 g/mol. The Hall–Kier alpha value is 0.810. The Balaban J connectivity index is -0.000000107. The van der Waals surface area contributed by atoms with Crippen LogP contribution in [0.15, 0.2) is 0 Å². The molecule has 0 unspecified atom stereocenters. The van der Waals surface area contributed by atoms with Gasteiger partial charge < -0.3 is 0 Å². The zero-order chi connectivity index (χ0) is 9.00. The van der Waals surface area contributed by atoms with Crippen molar-refractivity contribution in [2.45, 2.75) is 0 Å². The molecule has 8 nitrogen and oxygen atoms in total. The fraction of sp³-hybridized carbons (Fsp3) is 0. The first-order chi connectivity index (χ1) is 4.00. The van der Waals surface area contributed by atoms with Gasteiger partial charge in [-0.2, -0.15) is 0 Å². The van der Waals surface area contributed by atoms with E-state index in [1.807, 2.05) is 0 Å². The zero-order valence-corrected chi connectivity index (χ0v) is 8.71. The Labute approximate surface area is 77.1 Å². The first kappa shape index (κ1) is 17.8. The monoisotopic (exact) mass is 323 g/mol. The number of hydrogen-bond acceptors (Lipinski definition) is 3. The van der Waals surface area contributed by atoms with E-state index in [0.717, 1.165) is 0 Å². The molecule has 11 heavy (non-hydrogen) atoms. The molecule has 75 valence electrons. The third-order valence-electron chi connectivity index (χ3n) is 0. The predicted molar refractivity (Wildman–Crippen MR) is 18.9 cm³/mol. The van der Waals surface area contributed by atoms with Gasteiger partial charge in [0.25, 0.3) is 0 Å². The molecule has 0 rings (SSSR count). The summed E-state index contributed by atoms with van der Waals surface area (Å²) in [6.07, 6.45) is 0.